The lowest BCUT2D eigenvalue weighted by molar-refractivity contribution is -0.132. The molecule has 2 aromatic carbocycles. The van der Waals surface area contributed by atoms with Crippen molar-refractivity contribution >= 4 is 79.5 Å². The Kier molecular flexibility index (Phi) is 36.2. The number of hydrogen-bond acceptors (Lipinski definition) is 25. The molecule has 0 fully saturated rings. The highest BCUT2D eigenvalue weighted by molar-refractivity contribution is 7.85. The van der Waals surface area contributed by atoms with E-state index in [2.05, 4.69) is 43.0 Å². The number of aryl methyl sites for hydroxylation is 2. The summed E-state index contributed by atoms with van der Waals surface area (Å²) in [6.07, 6.45) is 1.01. The number of phenolic OH excluding ortho intramolecular Hbond substituents is 1. The van der Waals surface area contributed by atoms with Gasteiger partial charge in [0, 0.05) is 99.1 Å². The topological polar surface area (TPSA) is 418 Å². The number of hydrogen-bond donors (Lipinski definition) is 7. The Hall–Kier alpha value is -9.73. The first-order chi connectivity index (χ1) is 55.6. The summed E-state index contributed by atoms with van der Waals surface area (Å²) in [5.74, 6) is -3.85. The second-order valence-corrected chi connectivity index (χ2v) is 29.7. The second kappa shape index (κ2) is 45.7. The van der Waals surface area contributed by atoms with E-state index in [1.807, 2.05) is 56.7 Å². The van der Waals surface area contributed by atoms with Crippen LogP contribution in [0.4, 0.5) is 15.3 Å². The van der Waals surface area contributed by atoms with Crippen LogP contribution in [0.5, 0.6) is 5.75 Å². The van der Waals surface area contributed by atoms with E-state index in [1.54, 1.807) is 67.1 Å². The van der Waals surface area contributed by atoms with E-state index in [4.69, 9.17) is 57.1 Å². The molecule has 8 rings (SSSR count). The average molecular weight is 1640 g/mol. The highest BCUT2D eigenvalue weighted by Gasteiger charge is 2.47. The molecular weight excluding hydrogens is 1530 g/mol. The molecule has 116 heavy (non-hydrogen) atoms. The maximum absolute atomic E-state index is 14.3. The van der Waals surface area contributed by atoms with Gasteiger partial charge in [0.2, 0.25) is 29.5 Å². The number of nitrogens with one attached hydrogen (secondary N) is 5. The van der Waals surface area contributed by atoms with Crippen molar-refractivity contribution in [3.8, 4) is 17.1 Å². The molecule has 0 unspecified atom stereocenters. The Morgan fingerprint density at radius 3 is 1.88 bits per heavy atom. The minimum atomic E-state index is -4.61. The fraction of sp³-hybridized carbons (Fsp3) is 0.550. The van der Waals surface area contributed by atoms with Crippen molar-refractivity contribution < 1.29 is 104 Å². The third-order valence-corrected chi connectivity index (χ3v) is 20.2. The van der Waals surface area contributed by atoms with Crippen LogP contribution in [0.3, 0.4) is 0 Å². The fourth-order valence-corrected chi connectivity index (χ4v) is 13.5. The Morgan fingerprint density at radius 2 is 1.29 bits per heavy atom. The summed E-state index contributed by atoms with van der Waals surface area (Å²) in [7, 11) is 0.412. The third kappa shape index (κ3) is 26.9. The van der Waals surface area contributed by atoms with Crippen molar-refractivity contribution in [2.24, 2.45) is 5.92 Å². The van der Waals surface area contributed by atoms with Gasteiger partial charge in [0.15, 0.2) is 5.60 Å². The molecule has 2 aliphatic rings. The minimum Gasteiger partial charge on any atom is -0.508 e. The van der Waals surface area contributed by atoms with Crippen LogP contribution in [0.1, 0.15) is 94.3 Å². The predicted octanol–water partition coefficient (Wildman–Crippen LogP) is 5.17. The van der Waals surface area contributed by atoms with Gasteiger partial charge in [-0.05, 0) is 105 Å². The van der Waals surface area contributed by atoms with Crippen LogP contribution in [0.15, 0.2) is 90.1 Å². The van der Waals surface area contributed by atoms with E-state index >= 15 is 0 Å². The van der Waals surface area contributed by atoms with E-state index < -0.39 is 81.3 Å². The number of carbonyl (C=O) groups excluding carboxylic acids is 7. The van der Waals surface area contributed by atoms with Gasteiger partial charge in [-0.2, -0.15) is 8.42 Å². The number of carbonyl (C=O) groups is 7. The first kappa shape index (κ1) is 91.8. The predicted molar refractivity (Wildman–Crippen MR) is 428 cm³/mol. The van der Waals surface area contributed by atoms with Gasteiger partial charge in [0.05, 0.1) is 135 Å². The SMILES string of the molecule is C=C1OCc2c(cc3n(c2=O)Cc2c-3nc3ccc(O)cc3c2CC)[C@]1(CC)OC(=O)N(C)CCN(C)C(=O)OCc1ccc(NC(=O)[C@H](C)NC(=O)[C@@H](NC(=O)CCOCCOCCOCCOCCOCCOCCOCCOCCNC(=O)[C@H](CS(=O)(=O)O)NC(=O)CCn2c(CN(C)CC)cc3cccnc32)C(C)C)cc1. The van der Waals surface area contributed by atoms with Gasteiger partial charge >= 0.3 is 12.2 Å². The van der Waals surface area contributed by atoms with Crippen molar-refractivity contribution in [3.05, 3.63) is 129 Å². The fourth-order valence-electron chi connectivity index (χ4n) is 12.8. The highest BCUT2D eigenvalue weighted by Crippen LogP contribution is 2.46. The summed E-state index contributed by atoms with van der Waals surface area (Å²) in [5.41, 5.74) is 5.40. The largest absolute Gasteiger partial charge is 0.508 e. The Labute approximate surface area is 675 Å². The van der Waals surface area contributed by atoms with Gasteiger partial charge in [-0.1, -0.05) is 53.3 Å². The first-order valence-corrected chi connectivity index (χ1v) is 40.6. The number of amides is 7. The first-order valence-electron chi connectivity index (χ1n) is 39.0. The Balaban J connectivity index is 0.589. The molecule has 4 aromatic heterocycles. The quantitative estimate of drug-likeness (QED) is 0.0191. The van der Waals surface area contributed by atoms with Crippen LogP contribution in [-0.2, 0) is 131 Å². The number of benzene rings is 2. The molecule has 4 atom stereocenters. The van der Waals surface area contributed by atoms with Crippen molar-refractivity contribution in [1.82, 2.24) is 55.1 Å². The molecule has 0 spiro atoms. The van der Waals surface area contributed by atoms with Crippen molar-refractivity contribution in [2.75, 3.05) is 164 Å². The standard InChI is InChI=1S/C80H112N12O23S/c1-11-61-62-46-60(93)20-21-66(62)86-72-63(61)49-92-68(72)47-65-64(77(92)99)51-113-55(7)80(65,12-2)115-79(101)90(10)28-27-89(9)78(100)114-50-56-16-18-58(19-17-56)84-74(96)54(6)83-76(98)71(53(4)5)87-70(95)23-29-105-31-33-107-35-37-109-39-41-111-43-44-112-42-40-110-38-36-108-34-32-106-30-25-82-75(97)67(52-116(102,103)104)85-69(94)22-26-91-59(48-88(8)13-3)45-57-15-14-24-81-73(57)91/h14-21,24,45-47,53-54,67,71,93H,7,11-13,22-23,25-44,48-52H2,1-6,8-10H3,(H,82,97)(H,83,98)(H,84,96)(H,85,94)(H,87,95)(H,102,103,104)/t54-,67-,71-,80+/m0/s1. The number of fused-ring (bicyclic) bond motifs is 6. The zero-order valence-corrected chi connectivity index (χ0v) is 68.5. The number of pyridine rings is 3. The van der Waals surface area contributed by atoms with Crippen LogP contribution in [0.25, 0.3) is 33.3 Å². The van der Waals surface area contributed by atoms with E-state index in [9.17, 15) is 56.4 Å². The number of phenols is 1. The number of rotatable bonds is 51. The van der Waals surface area contributed by atoms with Gasteiger partial charge in [-0.15, -0.1) is 0 Å². The number of aromatic nitrogens is 4. The van der Waals surface area contributed by atoms with E-state index in [-0.39, 0.29) is 128 Å². The van der Waals surface area contributed by atoms with Gasteiger partial charge in [-0.3, -0.25) is 33.3 Å². The van der Waals surface area contributed by atoms with Crippen LogP contribution < -0.4 is 32.1 Å². The van der Waals surface area contributed by atoms with Gasteiger partial charge < -0.3 is 108 Å². The number of likely N-dealkylation sites (N-methyl/N-ethyl adjacent to an activating group) is 2. The number of anilines is 1. The summed E-state index contributed by atoms with van der Waals surface area (Å²) in [5, 5.41) is 25.2. The van der Waals surface area contributed by atoms with E-state index in [0.29, 0.717) is 124 Å². The molecule has 0 aliphatic carbocycles. The minimum absolute atomic E-state index is 0.0154. The summed E-state index contributed by atoms with van der Waals surface area (Å²) < 4.78 is 98.6. The maximum atomic E-state index is 14.3. The molecule has 2 aliphatic heterocycles. The van der Waals surface area contributed by atoms with Crippen molar-refractivity contribution in [2.45, 2.75) is 124 Å². The number of nitrogens with zero attached hydrogens (tertiary/aromatic N) is 7. The van der Waals surface area contributed by atoms with Crippen molar-refractivity contribution in [3.63, 3.8) is 0 Å². The summed E-state index contributed by atoms with van der Waals surface area (Å²) >= 11 is 0. The van der Waals surface area contributed by atoms with Gasteiger partial charge in [0.25, 0.3) is 15.7 Å². The lowest BCUT2D eigenvalue weighted by atomic mass is 9.84. The summed E-state index contributed by atoms with van der Waals surface area (Å²) in [4.78, 5) is 121. The van der Waals surface area contributed by atoms with Crippen LogP contribution >= 0.6 is 0 Å². The molecule has 7 amide bonds. The molecule has 0 radical (unpaired) electrons. The summed E-state index contributed by atoms with van der Waals surface area (Å²) in [6, 6.07) is 15.7. The normalized spacial score (nSPS) is 14.5. The molecular formula is C80H112N12O23S. The lowest BCUT2D eigenvalue weighted by Crippen LogP contribution is -2.53. The van der Waals surface area contributed by atoms with Crippen molar-refractivity contribution in [1.29, 1.82) is 0 Å². The molecule has 6 aromatic rings. The van der Waals surface area contributed by atoms with E-state index in [0.717, 1.165) is 34.1 Å². The Bertz CT molecular complexity index is 4490. The zero-order valence-electron chi connectivity index (χ0n) is 67.7. The Morgan fingerprint density at radius 1 is 0.698 bits per heavy atom. The lowest BCUT2D eigenvalue weighted by Gasteiger charge is -2.40. The molecule has 36 heteroatoms. The summed E-state index contributed by atoms with van der Waals surface area (Å²) in [6.45, 7) is 21.5. The molecule has 6 heterocycles. The second-order valence-electron chi connectivity index (χ2n) is 28.2. The smallest absolute Gasteiger partial charge is 0.410 e. The molecule has 35 nitrogen and oxygen atoms in total. The average Bonchev–Trinajstić information content (AvgIpc) is 1.37. The molecule has 0 saturated heterocycles. The molecule has 7 N–H and O–H groups in total. The monoisotopic (exact) mass is 1640 g/mol. The van der Waals surface area contributed by atoms with Gasteiger partial charge in [0.1, 0.15) is 54.2 Å². The van der Waals surface area contributed by atoms with Crippen LogP contribution in [0.2, 0.25) is 0 Å². The molecule has 636 valence electrons. The third-order valence-electron chi connectivity index (χ3n) is 19.5. The van der Waals surface area contributed by atoms with Crippen LogP contribution in [0, 0.1) is 5.92 Å². The maximum Gasteiger partial charge on any atom is 0.410 e. The number of ether oxygens (including phenoxy) is 11. The van der Waals surface area contributed by atoms with Crippen LogP contribution in [-0.4, -0.2) is 271 Å². The van der Waals surface area contributed by atoms with Gasteiger partial charge in [-0.25, -0.2) is 19.6 Å². The molecule has 0 saturated carbocycles. The number of aromatic hydroxyl groups is 1. The highest BCUT2D eigenvalue weighted by atomic mass is 32.2. The molecule has 0 bridgehead atoms. The zero-order chi connectivity index (χ0) is 83.9. The van der Waals surface area contributed by atoms with E-state index in [1.165, 1.54) is 30.8 Å².